The fraction of sp³-hybridized carbons (Fsp3) is 0.417. The van der Waals surface area contributed by atoms with E-state index in [9.17, 15) is 9.90 Å². The third-order valence-corrected chi connectivity index (χ3v) is 2.19. The zero-order valence-electron chi connectivity index (χ0n) is 9.16. The van der Waals surface area contributed by atoms with Crippen LogP contribution in [0.4, 0.5) is 0 Å². The summed E-state index contributed by atoms with van der Waals surface area (Å²) in [5.74, 6) is 0.0621. The minimum Gasteiger partial charge on any atom is -0.507 e. The van der Waals surface area contributed by atoms with E-state index < -0.39 is 0 Å². The maximum atomic E-state index is 10.5. The van der Waals surface area contributed by atoms with Crippen LogP contribution in [0.15, 0.2) is 18.2 Å². The number of nitrogens with one attached hydrogen (secondary N) is 1. The van der Waals surface area contributed by atoms with Gasteiger partial charge in [-0.2, -0.15) is 0 Å². The van der Waals surface area contributed by atoms with Crippen LogP contribution in [0, 0.1) is 0 Å². The summed E-state index contributed by atoms with van der Waals surface area (Å²) in [5, 5.41) is 12.7. The second kappa shape index (κ2) is 5.51. The van der Waals surface area contributed by atoms with Crippen molar-refractivity contribution in [2.24, 2.45) is 0 Å². The maximum Gasteiger partial charge on any atom is 0.153 e. The van der Waals surface area contributed by atoms with Crippen molar-refractivity contribution in [1.82, 2.24) is 5.32 Å². The molecule has 0 aromatic heterocycles. The Morgan fingerprint density at radius 2 is 2.20 bits per heavy atom. The first-order valence-electron chi connectivity index (χ1n) is 5.14. The second-order valence-electron chi connectivity index (χ2n) is 3.87. The minimum atomic E-state index is 0.0621. The molecule has 0 saturated heterocycles. The third-order valence-electron chi connectivity index (χ3n) is 2.19. The molecule has 0 bridgehead atoms. The summed E-state index contributed by atoms with van der Waals surface area (Å²) in [6, 6.07) is 5.62. The number of phenolic OH excluding ortho intramolecular Hbond substituents is 1. The number of aromatic hydroxyl groups is 1. The Hall–Kier alpha value is -1.35. The van der Waals surface area contributed by atoms with E-state index in [-0.39, 0.29) is 5.75 Å². The lowest BCUT2D eigenvalue weighted by molar-refractivity contribution is 0.112. The van der Waals surface area contributed by atoms with Gasteiger partial charge in [-0.3, -0.25) is 4.79 Å². The molecule has 0 aliphatic heterocycles. The quantitative estimate of drug-likeness (QED) is 0.723. The fourth-order valence-corrected chi connectivity index (χ4v) is 1.35. The van der Waals surface area contributed by atoms with Crippen molar-refractivity contribution in [2.45, 2.75) is 26.3 Å². The number of hydrogen-bond acceptors (Lipinski definition) is 3. The van der Waals surface area contributed by atoms with E-state index in [1.807, 2.05) is 6.07 Å². The molecule has 0 atom stereocenters. The van der Waals surface area contributed by atoms with Crippen LogP contribution in [0.25, 0.3) is 0 Å². The highest BCUT2D eigenvalue weighted by Gasteiger charge is 2.01. The predicted octanol–water partition coefficient (Wildman–Crippen LogP) is 1.75. The van der Waals surface area contributed by atoms with Crippen LogP contribution in [-0.4, -0.2) is 24.0 Å². The molecule has 0 aliphatic carbocycles. The molecule has 0 saturated carbocycles. The van der Waals surface area contributed by atoms with Crippen LogP contribution in [0.2, 0.25) is 0 Å². The average Bonchev–Trinajstić information content (AvgIpc) is 2.17. The summed E-state index contributed by atoms with van der Waals surface area (Å²) in [5.41, 5.74) is 1.38. The molecule has 3 nitrogen and oxygen atoms in total. The van der Waals surface area contributed by atoms with Crippen molar-refractivity contribution in [1.29, 1.82) is 0 Å². The molecule has 82 valence electrons. The van der Waals surface area contributed by atoms with Gasteiger partial charge in [0.2, 0.25) is 0 Å². The van der Waals surface area contributed by atoms with Gasteiger partial charge in [0.05, 0.1) is 5.56 Å². The Balaban J connectivity index is 2.56. The molecule has 0 radical (unpaired) electrons. The van der Waals surface area contributed by atoms with Crippen molar-refractivity contribution in [3.05, 3.63) is 29.3 Å². The Bertz CT molecular complexity index is 334. The largest absolute Gasteiger partial charge is 0.507 e. The lowest BCUT2D eigenvalue weighted by Crippen LogP contribution is -2.24. The van der Waals surface area contributed by atoms with Crippen LogP contribution in [0.3, 0.4) is 0 Å². The first-order chi connectivity index (χ1) is 7.13. The molecule has 0 amide bonds. The molecule has 15 heavy (non-hydrogen) atoms. The van der Waals surface area contributed by atoms with E-state index in [4.69, 9.17) is 0 Å². The molecule has 0 spiro atoms. The van der Waals surface area contributed by atoms with Crippen LogP contribution >= 0.6 is 0 Å². The SMILES string of the molecule is CC(C)NCCc1ccc(C=O)c(O)c1. The third kappa shape index (κ3) is 3.72. The molecule has 1 rings (SSSR count). The molecule has 0 aliphatic rings. The van der Waals surface area contributed by atoms with Crippen molar-refractivity contribution < 1.29 is 9.90 Å². The highest BCUT2D eigenvalue weighted by Crippen LogP contribution is 2.16. The number of carbonyl (C=O) groups is 1. The van der Waals surface area contributed by atoms with Crippen molar-refractivity contribution >= 4 is 6.29 Å². The summed E-state index contributed by atoms with van der Waals surface area (Å²) in [6.45, 7) is 5.05. The molecule has 3 heteroatoms. The standard InChI is InChI=1S/C12H17NO2/c1-9(2)13-6-5-10-3-4-11(8-14)12(15)7-10/h3-4,7-9,13,15H,5-6H2,1-2H3. The van der Waals surface area contributed by atoms with Crippen LogP contribution < -0.4 is 5.32 Å². The highest BCUT2D eigenvalue weighted by atomic mass is 16.3. The minimum absolute atomic E-state index is 0.0621. The second-order valence-corrected chi connectivity index (χ2v) is 3.87. The van der Waals surface area contributed by atoms with Crippen molar-refractivity contribution in [3.8, 4) is 5.75 Å². The number of benzene rings is 1. The summed E-state index contributed by atoms with van der Waals surface area (Å²) in [7, 11) is 0. The Morgan fingerprint density at radius 1 is 1.47 bits per heavy atom. The lowest BCUT2D eigenvalue weighted by atomic mass is 10.1. The maximum absolute atomic E-state index is 10.5. The average molecular weight is 207 g/mol. The Labute approximate surface area is 90.1 Å². The van der Waals surface area contributed by atoms with Gasteiger partial charge in [0.15, 0.2) is 6.29 Å². The van der Waals surface area contributed by atoms with E-state index in [0.29, 0.717) is 17.9 Å². The van der Waals surface area contributed by atoms with E-state index in [0.717, 1.165) is 18.5 Å². The van der Waals surface area contributed by atoms with E-state index in [2.05, 4.69) is 19.2 Å². The van der Waals surface area contributed by atoms with Gasteiger partial charge in [0.25, 0.3) is 0 Å². The first kappa shape index (κ1) is 11.7. The van der Waals surface area contributed by atoms with Gasteiger partial charge in [-0.05, 0) is 30.7 Å². The van der Waals surface area contributed by atoms with Crippen LogP contribution in [-0.2, 0) is 6.42 Å². The summed E-state index contributed by atoms with van der Waals surface area (Å²) >= 11 is 0. The molecule has 0 heterocycles. The summed E-state index contributed by atoms with van der Waals surface area (Å²) in [6.07, 6.45) is 1.51. The van der Waals surface area contributed by atoms with E-state index in [1.54, 1.807) is 12.1 Å². The molecule has 2 N–H and O–H groups in total. The van der Waals surface area contributed by atoms with Gasteiger partial charge in [-0.25, -0.2) is 0 Å². The van der Waals surface area contributed by atoms with Gasteiger partial charge in [0, 0.05) is 6.04 Å². The van der Waals surface area contributed by atoms with E-state index >= 15 is 0 Å². The normalized spacial score (nSPS) is 10.6. The van der Waals surface area contributed by atoms with Gasteiger partial charge < -0.3 is 10.4 Å². The molecule has 1 aromatic rings. The summed E-state index contributed by atoms with van der Waals surface area (Å²) in [4.78, 5) is 10.5. The highest BCUT2D eigenvalue weighted by molar-refractivity contribution is 5.79. The van der Waals surface area contributed by atoms with Crippen LogP contribution in [0.1, 0.15) is 29.8 Å². The van der Waals surface area contributed by atoms with Crippen molar-refractivity contribution in [3.63, 3.8) is 0 Å². The topological polar surface area (TPSA) is 49.3 Å². The summed E-state index contributed by atoms with van der Waals surface area (Å²) < 4.78 is 0. The molecular formula is C12H17NO2. The number of carbonyl (C=O) groups excluding carboxylic acids is 1. The Kier molecular flexibility index (Phi) is 4.31. The molecule has 0 unspecified atom stereocenters. The zero-order chi connectivity index (χ0) is 11.3. The number of hydrogen-bond donors (Lipinski definition) is 2. The predicted molar refractivity (Wildman–Crippen MR) is 60.3 cm³/mol. The monoisotopic (exact) mass is 207 g/mol. The molecule has 0 fully saturated rings. The van der Waals surface area contributed by atoms with Gasteiger partial charge >= 0.3 is 0 Å². The van der Waals surface area contributed by atoms with Crippen molar-refractivity contribution in [2.75, 3.05) is 6.54 Å². The van der Waals surface area contributed by atoms with Gasteiger partial charge in [0.1, 0.15) is 5.75 Å². The smallest absolute Gasteiger partial charge is 0.153 e. The van der Waals surface area contributed by atoms with E-state index in [1.165, 1.54) is 0 Å². The number of phenols is 1. The lowest BCUT2D eigenvalue weighted by Gasteiger charge is -2.08. The van der Waals surface area contributed by atoms with Gasteiger partial charge in [-0.1, -0.05) is 19.9 Å². The molecule has 1 aromatic carbocycles. The Morgan fingerprint density at radius 3 is 2.73 bits per heavy atom. The van der Waals surface area contributed by atoms with Crippen LogP contribution in [0.5, 0.6) is 5.75 Å². The van der Waals surface area contributed by atoms with Gasteiger partial charge in [-0.15, -0.1) is 0 Å². The molecular weight excluding hydrogens is 190 g/mol. The zero-order valence-corrected chi connectivity index (χ0v) is 9.16. The number of rotatable bonds is 5. The first-order valence-corrected chi connectivity index (χ1v) is 5.14. The fourth-order valence-electron chi connectivity index (χ4n) is 1.35. The number of aldehydes is 1.